The average molecular weight is 303 g/mol. The van der Waals surface area contributed by atoms with E-state index in [0.29, 0.717) is 12.2 Å². The molecule has 2 aromatic heterocycles. The fraction of sp³-hybridized carbons (Fsp3) is 0.375. The van der Waals surface area contributed by atoms with Crippen molar-refractivity contribution in [3.05, 3.63) is 54.2 Å². The van der Waals surface area contributed by atoms with E-state index in [0.717, 1.165) is 5.56 Å². The minimum absolute atomic E-state index is 0.143. The highest BCUT2D eigenvalue weighted by Gasteiger charge is 2.17. The van der Waals surface area contributed by atoms with Gasteiger partial charge in [0.25, 0.3) is 0 Å². The molecular weight excluding hydrogens is 282 g/mol. The molecule has 0 aliphatic rings. The summed E-state index contributed by atoms with van der Waals surface area (Å²) < 4.78 is 5.14. The van der Waals surface area contributed by atoms with Crippen molar-refractivity contribution in [2.75, 3.05) is 0 Å². The lowest BCUT2D eigenvalue weighted by atomic mass is 10.1. The minimum atomic E-state index is -0.735. The summed E-state index contributed by atoms with van der Waals surface area (Å²) in [5.41, 5.74) is 0.931. The van der Waals surface area contributed by atoms with Crippen molar-refractivity contribution in [3.63, 3.8) is 0 Å². The number of pyridine rings is 1. The molecule has 118 valence electrons. The lowest BCUT2D eigenvalue weighted by molar-refractivity contribution is 0.129. The number of carbonyl (C=O) groups excluding carboxylic acids is 1. The fourth-order valence-corrected chi connectivity index (χ4v) is 2.17. The van der Waals surface area contributed by atoms with E-state index in [1.807, 2.05) is 26.0 Å². The molecule has 3 atom stereocenters. The summed E-state index contributed by atoms with van der Waals surface area (Å²) in [4.78, 5) is 16.0. The first-order valence-electron chi connectivity index (χ1n) is 7.24. The summed E-state index contributed by atoms with van der Waals surface area (Å²) in [5, 5.41) is 15.6. The number of rotatable bonds is 6. The zero-order valence-corrected chi connectivity index (χ0v) is 12.7. The molecule has 0 unspecified atom stereocenters. The Balaban J connectivity index is 1.79. The highest BCUT2D eigenvalue weighted by atomic mass is 16.4. The molecule has 0 fully saturated rings. The molecule has 2 aromatic rings. The van der Waals surface area contributed by atoms with Crippen LogP contribution in [-0.2, 0) is 0 Å². The van der Waals surface area contributed by atoms with E-state index < -0.39 is 6.10 Å². The molecule has 2 heterocycles. The van der Waals surface area contributed by atoms with Crippen LogP contribution in [0.2, 0.25) is 0 Å². The maximum atomic E-state index is 12.0. The lowest BCUT2D eigenvalue weighted by Crippen LogP contribution is -2.42. The molecule has 2 amide bonds. The van der Waals surface area contributed by atoms with Crippen molar-refractivity contribution in [2.45, 2.75) is 38.5 Å². The Morgan fingerprint density at radius 3 is 2.77 bits per heavy atom. The molecule has 0 saturated carbocycles. The van der Waals surface area contributed by atoms with Crippen LogP contribution in [0.1, 0.15) is 43.7 Å². The highest BCUT2D eigenvalue weighted by Crippen LogP contribution is 2.18. The normalized spacial score (nSPS) is 14.9. The van der Waals surface area contributed by atoms with E-state index in [4.69, 9.17) is 4.42 Å². The molecule has 6 heteroatoms. The number of hydrogen-bond acceptors (Lipinski definition) is 4. The van der Waals surface area contributed by atoms with Gasteiger partial charge in [0.05, 0.1) is 12.3 Å². The Hall–Kier alpha value is -2.34. The topological polar surface area (TPSA) is 87.4 Å². The maximum absolute atomic E-state index is 12.0. The first-order valence-corrected chi connectivity index (χ1v) is 7.24. The van der Waals surface area contributed by atoms with Crippen LogP contribution in [0.25, 0.3) is 0 Å². The standard InChI is InChI=1S/C16H21N3O3/c1-11(9-14(20)15-6-4-8-22-15)18-16(21)19-12(2)13-5-3-7-17-10-13/h3-8,10-12,14,20H,9H2,1-2H3,(H2,18,19,21)/t11-,12-,14+/m1/s1. The van der Waals surface area contributed by atoms with Crippen molar-refractivity contribution in [1.82, 2.24) is 15.6 Å². The van der Waals surface area contributed by atoms with E-state index in [1.54, 1.807) is 24.5 Å². The Kier molecular flexibility index (Phi) is 5.55. The van der Waals surface area contributed by atoms with E-state index in [2.05, 4.69) is 15.6 Å². The summed E-state index contributed by atoms with van der Waals surface area (Å²) >= 11 is 0. The Labute approximate surface area is 129 Å². The van der Waals surface area contributed by atoms with Crippen molar-refractivity contribution >= 4 is 6.03 Å². The van der Waals surface area contributed by atoms with E-state index in [1.165, 1.54) is 6.26 Å². The quantitative estimate of drug-likeness (QED) is 0.765. The second kappa shape index (κ2) is 7.61. The summed E-state index contributed by atoms with van der Waals surface area (Å²) in [6, 6.07) is 6.55. The Morgan fingerprint density at radius 2 is 2.14 bits per heavy atom. The number of hydrogen-bond donors (Lipinski definition) is 3. The predicted molar refractivity (Wildman–Crippen MR) is 82.1 cm³/mol. The summed E-state index contributed by atoms with van der Waals surface area (Å²) in [7, 11) is 0. The third-order valence-corrected chi connectivity index (χ3v) is 3.36. The Morgan fingerprint density at radius 1 is 1.32 bits per heavy atom. The van der Waals surface area contributed by atoms with Crippen molar-refractivity contribution in [2.24, 2.45) is 0 Å². The number of amides is 2. The molecule has 0 aromatic carbocycles. The zero-order chi connectivity index (χ0) is 15.9. The fourth-order valence-electron chi connectivity index (χ4n) is 2.17. The number of urea groups is 1. The van der Waals surface area contributed by atoms with Crippen LogP contribution in [0.3, 0.4) is 0 Å². The number of carbonyl (C=O) groups is 1. The van der Waals surface area contributed by atoms with Crippen molar-refractivity contribution in [3.8, 4) is 0 Å². The average Bonchev–Trinajstić information content (AvgIpc) is 3.02. The van der Waals surface area contributed by atoms with E-state index in [-0.39, 0.29) is 18.1 Å². The van der Waals surface area contributed by atoms with Gasteiger partial charge in [-0.2, -0.15) is 0 Å². The predicted octanol–water partition coefficient (Wildman–Crippen LogP) is 2.55. The van der Waals surface area contributed by atoms with Crippen molar-refractivity contribution in [1.29, 1.82) is 0 Å². The van der Waals surface area contributed by atoms with Gasteiger partial charge < -0.3 is 20.2 Å². The zero-order valence-electron chi connectivity index (χ0n) is 12.7. The minimum Gasteiger partial charge on any atom is -0.467 e. The van der Waals surface area contributed by atoms with E-state index in [9.17, 15) is 9.90 Å². The molecule has 0 bridgehead atoms. The molecule has 0 spiro atoms. The van der Waals surface area contributed by atoms with Gasteiger partial charge in [-0.05, 0) is 37.6 Å². The molecule has 22 heavy (non-hydrogen) atoms. The number of nitrogens with zero attached hydrogens (tertiary/aromatic N) is 1. The van der Waals surface area contributed by atoms with Crippen LogP contribution in [-0.4, -0.2) is 22.2 Å². The number of aromatic nitrogens is 1. The smallest absolute Gasteiger partial charge is 0.315 e. The summed E-state index contributed by atoms with van der Waals surface area (Å²) in [6.45, 7) is 3.72. The largest absolute Gasteiger partial charge is 0.467 e. The van der Waals surface area contributed by atoms with Crippen molar-refractivity contribution < 1.29 is 14.3 Å². The lowest BCUT2D eigenvalue weighted by Gasteiger charge is -2.19. The van der Waals surface area contributed by atoms with Gasteiger partial charge in [-0.25, -0.2) is 4.79 Å². The third kappa shape index (κ3) is 4.60. The van der Waals surface area contributed by atoms with Gasteiger partial charge in [0.1, 0.15) is 11.9 Å². The maximum Gasteiger partial charge on any atom is 0.315 e. The monoisotopic (exact) mass is 303 g/mol. The van der Waals surface area contributed by atoms with Gasteiger partial charge in [-0.3, -0.25) is 4.98 Å². The number of furan rings is 1. The third-order valence-electron chi connectivity index (χ3n) is 3.36. The van der Waals surface area contributed by atoms with Crippen LogP contribution in [0, 0.1) is 0 Å². The molecule has 0 aliphatic heterocycles. The molecule has 3 N–H and O–H groups in total. The molecule has 2 rings (SSSR count). The van der Waals surface area contributed by atoms with Gasteiger partial charge in [0.2, 0.25) is 0 Å². The van der Waals surface area contributed by atoms with Gasteiger partial charge in [0.15, 0.2) is 0 Å². The van der Waals surface area contributed by atoms with Crippen LogP contribution < -0.4 is 10.6 Å². The second-order valence-corrected chi connectivity index (χ2v) is 5.29. The van der Waals surface area contributed by atoms with Gasteiger partial charge >= 0.3 is 6.03 Å². The van der Waals surface area contributed by atoms with Gasteiger partial charge in [-0.15, -0.1) is 0 Å². The molecule has 0 aliphatic carbocycles. The number of aliphatic hydroxyl groups is 1. The van der Waals surface area contributed by atoms with Crippen LogP contribution >= 0.6 is 0 Å². The highest BCUT2D eigenvalue weighted by molar-refractivity contribution is 5.74. The summed E-state index contributed by atoms with van der Waals surface area (Å²) in [6.07, 6.45) is 4.56. The molecular formula is C16H21N3O3. The second-order valence-electron chi connectivity index (χ2n) is 5.29. The SMILES string of the molecule is C[C@H](C[C@H](O)c1ccco1)NC(=O)N[C@H](C)c1cccnc1. The summed E-state index contributed by atoms with van der Waals surface area (Å²) in [5.74, 6) is 0.498. The number of nitrogens with one attached hydrogen (secondary N) is 2. The molecule has 0 saturated heterocycles. The number of aliphatic hydroxyl groups excluding tert-OH is 1. The Bertz CT molecular complexity index is 572. The van der Waals surface area contributed by atoms with Crippen LogP contribution in [0.5, 0.6) is 0 Å². The van der Waals surface area contributed by atoms with Crippen LogP contribution in [0.15, 0.2) is 47.3 Å². The first kappa shape index (κ1) is 16.0. The van der Waals surface area contributed by atoms with Crippen LogP contribution in [0.4, 0.5) is 4.79 Å². The van der Waals surface area contributed by atoms with Gasteiger partial charge in [0, 0.05) is 24.9 Å². The first-order chi connectivity index (χ1) is 10.6. The molecule has 0 radical (unpaired) electrons. The van der Waals surface area contributed by atoms with Gasteiger partial charge in [-0.1, -0.05) is 6.07 Å². The van der Waals surface area contributed by atoms with E-state index >= 15 is 0 Å². The molecule has 6 nitrogen and oxygen atoms in total.